The van der Waals surface area contributed by atoms with Crippen LogP contribution in [0.1, 0.15) is 23.1 Å². The molecule has 0 radical (unpaired) electrons. The standard InChI is InChI=1S/C30H34FN3O4/c1-20-4-6-21(7-5-20)16-32-29(35)23-15-24(30(36)33-26-11-9-25(31)10-12-26)19-34(18-23)17-22-8-13-27(37-2)28(14-22)38-3/h4-14,23-24H,15-19H2,1-3H3,(H,32,35)(H,33,36)/t23-,24+/m0/s1. The van der Waals surface area contributed by atoms with Crippen LogP contribution in [0.2, 0.25) is 0 Å². The summed E-state index contributed by atoms with van der Waals surface area (Å²) in [4.78, 5) is 28.6. The number of halogens is 1. The van der Waals surface area contributed by atoms with E-state index in [1.165, 1.54) is 24.3 Å². The maximum Gasteiger partial charge on any atom is 0.228 e. The minimum Gasteiger partial charge on any atom is -0.493 e. The number of carbonyl (C=O) groups excluding carboxylic acids is 2. The van der Waals surface area contributed by atoms with Crippen molar-refractivity contribution in [2.75, 3.05) is 32.6 Å². The summed E-state index contributed by atoms with van der Waals surface area (Å²) >= 11 is 0. The number of hydrogen-bond donors (Lipinski definition) is 2. The molecule has 1 aliphatic heterocycles. The molecule has 200 valence electrons. The minimum absolute atomic E-state index is 0.0813. The molecule has 7 nitrogen and oxygen atoms in total. The molecule has 2 atom stereocenters. The van der Waals surface area contributed by atoms with Gasteiger partial charge in [0.05, 0.1) is 26.1 Å². The molecule has 0 aliphatic carbocycles. The van der Waals surface area contributed by atoms with Crippen molar-refractivity contribution in [3.05, 3.63) is 89.2 Å². The molecule has 0 aromatic heterocycles. The molecule has 38 heavy (non-hydrogen) atoms. The molecule has 8 heteroatoms. The van der Waals surface area contributed by atoms with Crippen LogP contribution in [0.25, 0.3) is 0 Å². The number of anilines is 1. The van der Waals surface area contributed by atoms with Crippen molar-refractivity contribution < 1.29 is 23.5 Å². The number of nitrogens with zero attached hydrogens (tertiary/aromatic N) is 1. The molecular formula is C30H34FN3O4. The summed E-state index contributed by atoms with van der Waals surface area (Å²) in [6, 6.07) is 19.4. The number of carbonyl (C=O) groups is 2. The van der Waals surface area contributed by atoms with Gasteiger partial charge in [-0.3, -0.25) is 14.5 Å². The lowest BCUT2D eigenvalue weighted by molar-refractivity contribution is -0.130. The normalized spacial score (nSPS) is 17.5. The Morgan fingerprint density at radius 1 is 0.868 bits per heavy atom. The molecule has 0 spiro atoms. The molecule has 1 aliphatic rings. The van der Waals surface area contributed by atoms with Crippen LogP contribution in [0.5, 0.6) is 11.5 Å². The molecule has 2 amide bonds. The summed E-state index contributed by atoms with van der Waals surface area (Å²) in [5.41, 5.74) is 3.69. The second kappa shape index (κ2) is 12.6. The van der Waals surface area contributed by atoms with Gasteiger partial charge in [0.25, 0.3) is 0 Å². The first kappa shape index (κ1) is 27.1. The van der Waals surface area contributed by atoms with Gasteiger partial charge in [-0.05, 0) is 60.9 Å². The fraction of sp³-hybridized carbons (Fsp3) is 0.333. The Kier molecular flexibility index (Phi) is 8.97. The van der Waals surface area contributed by atoms with Gasteiger partial charge < -0.3 is 20.1 Å². The van der Waals surface area contributed by atoms with Crippen molar-refractivity contribution in [3.63, 3.8) is 0 Å². The van der Waals surface area contributed by atoms with E-state index >= 15 is 0 Å². The van der Waals surface area contributed by atoms with E-state index in [1.54, 1.807) is 14.2 Å². The predicted octanol–water partition coefficient (Wildman–Crippen LogP) is 4.54. The predicted molar refractivity (Wildman–Crippen MR) is 144 cm³/mol. The lowest BCUT2D eigenvalue weighted by Crippen LogP contribution is -2.48. The van der Waals surface area contributed by atoms with Gasteiger partial charge in [-0.2, -0.15) is 0 Å². The van der Waals surface area contributed by atoms with E-state index in [4.69, 9.17) is 9.47 Å². The van der Waals surface area contributed by atoms with Crippen molar-refractivity contribution in [2.24, 2.45) is 11.8 Å². The van der Waals surface area contributed by atoms with Crippen molar-refractivity contribution in [3.8, 4) is 11.5 Å². The lowest BCUT2D eigenvalue weighted by Gasteiger charge is -2.36. The molecule has 1 fully saturated rings. The highest BCUT2D eigenvalue weighted by Gasteiger charge is 2.35. The van der Waals surface area contributed by atoms with E-state index in [0.717, 1.165) is 16.7 Å². The van der Waals surface area contributed by atoms with Gasteiger partial charge >= 0.3 is 0 Å². The van der Waals surface area contributed by atoms with Crippen molar-refractivity contribution >= 4 is 17.5 Å². The maximum atomic E-state index is 13.3. The van der Waals surface area contributed by atoms with Crippen LogP contribution < -0.4 is 20.1 Å². The molecule has 3 aromatic carbocycles. The number of hydrogen-bond acceptors (Lipinski definition) is 5. The van der Waals surface area contributed by atoms with Gasteiger partial charge in [-0.1, -0.05) is 35.9 Å². The SMILES string of the molecule is COc1ccc(CN2C[C@@H](C(=O)NCc3ccc(C)cc3)C[C@@H](C(=O)Nc3ccc(F)cc3)C2)cc1OC. The van der Waals surface area contributed by atoms with Gasteiger partial charge in [-0.15, -0.1) is 0 Å². The number of nitrogens with one attached hydrogen (secondary N) is 2. The van der Waals surface area contributed by atoms with Crippen molar-refractivity contribution in [1.29, 1.82) is 0 Å². The van der Waals surface area contributed by atoms with E-state index in [1.807, 2.05) is 49.4 Å². The van der Waals surface area contributed by atoms with E-state index in [-0.39, 0.29) is 23.5 Å². The Morgan fingerprint density at radius 3 is 2.16 bits per heavy atom. The molecule has 4 rings (SSSR count). The first-order valence-corrected chi connectivity index (χ1v) is 12.7. The van der Waals surface area contributed by atoms with E-state index < -0.39 is 5.92 Å². The second-order valence-electron chi connectivity index (χ2n) is 9.71. The zero-order valence-electron chi connectivity index (χ0n) is 22.0. The summed E-state index contributed by atoms with van der Waals surface area (Å²) in [7, 11) is 3.18. The van der Waals surface area contributed by atoms with Crippen LogP contribution in [0.3, 0.4) is 0 Å². The Morgan fingerprint density at radius 2 is 1.50 bits per heavy atom. The Bertz CT molecular complexity index is 1250. The van der Waals surface area contributed by atoms with E-state index in [0.29, 0.717) is 49.8 Å². The third-order valence-electron chi connectivity index (χ3n) is 6.82. The summed E-state index contributed by atoms with van der Waals surface area (Å²) in [5, 5.41) is 5.92. The summed E-state index contributed by atoms with van der Waals surface area (Å²) in [5.74, 6) is -0.151. The fourth-order valence-corrected chi connectivity index (χ4v) is 4.75. The molecule has 0 saturated carbocycles. The summed E-state index contributed by atoms with van der Waals surface area (Å²) in [6.07, 6.45) is 0.426. The Labute approximate surface area is 222 Å². The average molecular weight is 520 g/mol. The van der Waals surface area contributed by atoms with Gasteiger partial charge in [-0.25, -0.2) is 4.39 Å². The molecule has 2 N–H and O–H groups in total. The van der Waals surface area contributed by atoms with Crippen LogP contribution in [0, 0.1) is 24.6 Å². The highest BCUT2D eigenvalue weighted by Crippen LogP contribution is 2.30. The number of rotatable bonds is 9. The first-order valence-electron chi connectivity index (χ1n) is 12.7. The van der Waals surface area contributed by atoms with Crippen LogP contribution in [-0.4, -0.2) is 44.0 Å². The largest absolute Gasteiger partial charge is 0.493 e. The monoisotopic (exact) mass is 519 g/mol. The third kappa shape index (κ3) is 7.10. The Hall–Kier alpha value is -3.91. The van der Waals surface area contributed by atoms with Gasteiger partial charge in [0.2, 0.25) is 11.8 Å². The number of likely N-dealkylation sites (tertiary alicyclic amines) is 1. The van der Waals surface area contributed by atoms with Gasteiger partial charge in [0.15, 0.2) is 11.5 Å². The minimum atomic E-state index is -0.413. The van der Waals surface area contributed by atoms with E-state index in [2.05, 4.69) is 15.5 Å². The molecular weight excluding hydrogens is 485 g/mol. The summed E-state index contributed by atoms with van der Waals surface area (Å²) < 4.78 is 24.1. The highest BCUT2D eigenvalue weighted by molar-refractivity contribution is 5.93. The molecule has 0 unspecified atom stereocenters. The number of aryl methyl sites for hydroxylation is 1. The lowest BCUT2D eigenvalue weighted by atomic mass is 9.87. The maximum absolute atomic E-state index is 13.3. The summed E-state index contributed by atoms with van der Waals surface area (Å²) in [6.45, 7) is 4.01. The molecule has 3 aromatic rings. The fourth-order valence-electron chi connectivity index (χ4n) is 4.75. The van der Waals surface area contributed by atoms with Crippen molar-refractivity contribution in [2.45, 2.75) is 26.4 Å². The molecule has 0 bridgehead atoms. The quantitative estimate of drug-likeness (QED) is 0.434. The number of ether oxygens (including phenoxy) is 2. The average Bonchev–Trinajstić information content (AvgIpc) is 2.93. The van der Waals surface area contributed by atoms with Crippen LogP contribution in [-0.2, 0) is 22.7 Å². The molecule has 1 saturated heterocycles. The number of methoxy groups -OCH3 is 2. The smallest absolute Gasteiger partial charge is 0.228 e. The topological polar surface area (TPSA) is 79.9 Å². The number of amides is 2. The van der Waals surface area contributed by atoms with E-state index in [9.17, 15) is 14.0 Å². The number of benzene rings is 3. The van der Waals surface area contributed by atoms with Gasteiger partial charge in [0.1, 0.15) is 5.82 Å². The van der Waals surface area contributed by atoms with Crippen molar-refractivity contribution in [1.82, 2.24) is 10.2 Å². The second-order valence-corrected chi connectivity index (χ2v) is 9.71. The zero-order chi connectivity index (χ0) is 27.1. The van der Waals surface area contributed by atoms with Gasteiger partial charge in [0, 0.05) is 31.9 Å². The third-order valence-corrected chi connectivity index (χ3v) is 6.82. The highest BCUT2D eigenvalue weighted by atomic mass is 19.1. The first-order chi connectivity index (χ1) is 18.3. The number of piperidine rings is 1. The van der Waals surface area contributed by atoms with Crippen LogP contribution >= 0.6 is 0 Å². The molecule has 1 heterocycles. The van der Waals surface area contributed by atoms with Crippen LogP contribution in [0.15, 0.2) is 66.7 Å². The Balaban J connectivity index is 1.48. The van der Waals surface area contributed by atoms with Crippen LogP contribution in [0.4, 0.5) is 10.1 Å². The zero-order valence-corrected chi connectivity index (χ0v) is 22.0.